The number of fused-ring (bicyclic) bond motifs is 1. The van der Waals surface area contributed by atoms with Crippen LogP contribution in [0.25, 0.3) is 0 Å². The van der Waals surface area contributed by atoms with E-state index in [1.165, 1.54) is 7.11 Å². The van der Waals surface area contributed by atoms with Gasteiger partial charge in [0.25, 0.3) is 0 Å². The fourth-order valence-corrected chi connectivity index (χ4v) is 3.56. The van der Waals surface area contributed by atoms with Crippen molar-refractivity contribution in [3.05, 3.63) is 57.6 Å². The molecule has 1 amide bonds. The molecule has 25 heavy (non-hydrogen) atoms. The average molecular weight is 380 g/mol. The maximum atomic E-state index is 12.7. The van der Waals surface area contributed by atoms with Gasteiger partial charge in [0, 0.05) is 22.6 Å². The van der Waals surface area contributed by atoms with Gasteiger partial charge in [-0.2, -0.15) is 0 Å². The molecule has 0 saturated carbocycles. The minimum absolute atomic E-state index is 0.227. The van der Waals surface area contributed by atoms with E-state index in [0.717, 1.165) is 0 Å². The van der Waals surface area contributed by atoms with Crippen LogP contribution in [-0.4, -0.2) is 30.5 Å². The molecule has 1 heterocycles. The van der Waals surface area contributed by atoms with Crippen molar-refractivity contribution in [2.75, 3.05) is 19.0 Å². The monoisotopic (exact) mass is 379 g/mol. The molecule has 2 N–H and O–H groups in total. The van der Waals surface area contributed by atoms with Gasteiger partial charge in [0.2, 0.25) is 5.91 Å². The summed E-state index contributed by atoms with van der Waals surface area (Å²) in [6, 6.07) is 9.64. The molecule has 1 aliphatic heterocycles. The van der Waals surface area contributed by atoms with Crippen LogP contribution in [0, 0.1) is 0 Å². The number of Topliss-reactive ketones (excluding diaryl/α,β-unsaturated/α-hetero) is 1. The Bertz CT molecular complexity index is 851. The first-order valence-electron chi connectivity index (χ1n) is 7.51. The van der Waals surface area contributed by atoms with Gasteiger partial charge in [-0.1, -0.05) is 23.2 Å². The van der Waals surface area contributed by atoms with Gasteiger partial charge >= 0.3 is 0 Å². The predicted molar refractivity (Wildman–Crippen MR) is 95.8 cm³/mol. The summed E-state index contributed by atoms with van der Waals surface area (Å²) in [6.45, 7) is -0.562. The van der Waals surface area contributed by atoms with E-state index in [4.69, 9.17) is 27.9 Å². The van der Waals surface area contributed by atoms with Crippen molar-refractivity contribution in [1.29, 1.82) is 0 Å². The second-order valence-electron chi connectivity index (χ2n) is 5.80. The molecular formula is C18H15Cl2NO4. The van der Waals surface area contributed by atoms with E-state index in [9.17, 15) is 14.7 Å². The number of aliphatic hydroxyl groups is 1. The number of rotatable bonds is 5. The number of nitrogens with one attached hydrogen (secondary N) is 1. The van der Waals surface area contributed by atoms with Gasteiger partial charge < -0.3 is 15.2 Å². The van der Waals surface area contributed by atoms with E-state index in [1.807, 2.05) is 0 Å². The molecule has 0 spiro atoms. The summed E-state index contributed by atoms with van der Waals surface area (Å²) < 4.78 is 5.07. The van der Waals surface area contributed by atoms with Crippen LogP contribution >= 0.6 is 23.2 Å². The maximum Gasteiger partial charge on any atom is 0.238 e. The molecule has 0 radical (unpaired) electrons. The van der Waals surface area contributed by atoms with Gasteiger partial charge in [-0.15, -0.1) is 0 Å². The zero-order valence-corrected chi connectivity index (χ0v) is 14.8. The van der Waals surface area contributed by atoms with E-state index >= 15 is 0 Å². The van der Waals surface area contributed by atoms with Crippen LogP contribution < -0.4 is 10.1 Å². The smallest absolute Gasteiger partial charge is 0.238 e. The molecule has 1 atom stereocenters. The molecule has 130 valence electrons. The third-order valence-corrected chi connectivity index (χ3v) is 5.03. The predicted octanol–water partition coefficient (Wildman–Crippen LogP) is 3.46. The normalized spacial score (nSPS) is 18.6. The number of anilines is 1. The molecule has 0 aliphatic carbocycles. The average Bonchev–Trinajstić information content (AvgIpc) is 2.92. The quantitative estimate of drug-likeness (QED) is 0.780. The molecule has 1 unspecified atom stereocenters. The molecule has 7 heteroatoms. The first-order chi connectivity index (χ1) is 11.9. The highest BCUT2D eigenvalue weighted by molar-refractivity contribution is 6.38. The number of hydrogen-bond donors (Lipinski definition) is 2. The molecule has 1 aliphatic rings. The van der Waals surface area contributed by atoms with Crippen molar-refractivity contribution in [1.82, 2.24) is 0 Å². The minimum atomic E-state index is -1.46. The van der Waals surface area contributed by atoms with Crippen LogP contribution in [0.1, 0.15) is 22.3 Å². The Balaban J connectivity index is 2.01. The lowest BCUT2D eigenvalue weighted by molar-refractivity contribution is -0.122. The second kappa shape index (κ2) is 6.67. The van der Waals surface area contributed by atoms with Crippen LogP contribution in [-0.2, 0) is 10.2 Å². The highest BCUT2D eigenvalue weighted by atomic mass is 35.5. The fraction of sp³-hybridized carbons (Fsp3) is 0.222. The number of hydrogen-bond acceptors (Lipinski definition) is 4. The fourth-order valence-electron chi connectivity index (χ4n) is 3.02. The highest BCUT2D eigenvalue weighted by Gasteiger charge is 2.50. The number of ether oxygens (including phenoxy) is 1. The van der Waals surface area contributed by atoms with Crippen LogP contribution in [0.3, 0.4) is 0 Å². The Morgan fingerprint density at radius 2 is 1.80 bits per heavy atom. The van der Waals surface area contributed by atoms with Crippen LogP contribution in [0.15, 0.2) is 36.4 Å². The SMILES string of the molecule is COc1ccc(C(=O)CC2(CO)C(=O)Nc3c(Cl)ccc(Cl)c32)cc1. The first-order valence-corrected chi connectivity index (χ1v) is 8.26. The molecule has 0 aromatic heterocycles. The number of halogens is 2. The standard InChI is InChI=1S/C18H15Cl2NO4/c1-25-11-4-2-10(3-5-11)14(23)8-18(9-22)15-12(19)6-7-13(20)16(15)21-17(18)24/h2-7,22H,8-9H2,1H3,(H,21,24). The zero-order valence-electron chi connectivity index (χ0n) is 13.3. The molecule has 5 nitrogen and oxygen atoms in total. The number of methoxy groups -OCH3 is 1. The Morgan fingerprint density at radius 1 is 1.16 bits per heavy atom. The highest BCUT2D eigenvalue weighted by Crippen LogP contribution is 2.47. The Labute approximate surface area is 154 Å². The molecule has 0 saturated heterocycles. The lowest BCUT2D eigenvalue weighted by Crippen LogP contribution is -2.40. The zero-order chi connectivity index (χ0) is 18.2. The Hall–Kier alpha value is -2.08. The topological polar surface area (TPSA) is 75.6 Å². The molecule has 2 aromatic rings. The summed E-state index contributed by atoms with van der Waals surface area (Å²) in [4.78, 5) is 25.3. The van der Waals surface area contributed by atoms with E-state index in [-0.39, 0.29) is 17.2 Å². The number of carbonyl (C=O) groups excluding carboxylic acids is 2. The Morgan fingerprint density at radius 3 is 2.40 bits per heavy atom. The van der Waals surface area contributed by atoms with E-state index in [1.54, 1.807) is 36.4 Å². The molecule has 0 bridgehead atoms. The van der Waals surface area contributed by atoms with Crippen molar-refractivity contribution in [2.45, 2.75) is 11.8 Å². The maximum absolute atomic E-state index is 12.7. The number of ketones is 1. The van der Waals surface area contributed by atoms with Crippen LogP contribution in [0.2, 0.25) is 10.0 Å². The number of amides is 1. The van der Waals surface area contributed by atoms with Crippen molar-refractivity contribution in [3.8, 4) is 5.75 Å². The van der Waals surface area contributed by atoms with E-state index in [0.29, 0.717) is 27.6 Å². The second-order valence-corrected chi connectivity index (χ2v) is 6.62. The summed E-state index contributed by atoms with van der Waals surface area (Å²) in [5.74, 6) is -0.176. The summed E-state index contributed by atoms with van der Waals surface area (Å²) in [5.41, 5.74) is -0.353. The molecule has 2 aromatic carbocycles. The lowest BCUT2D eigenvalue weighted by atomic mass is 9.77. The van der Waals surface area contributed by atoms with Crippen molar-refractivity contribution in [2.24, 2.45) is 0 Å². The van der Waals surface area contributed by atoms with Gasteiger partial charge in [0.15, 0.2) is 5.78 Å². The van der Waals surface area contributed by atoms with Crippen LogP contribution in [0.5, 0.6) is 5.75 Å². The molecular weight excluding hydrogens is 365 g/mol. The third-order valence-electron chi connectivity index (χ3n) is 4.40. The number of carbonyl (C=O) groups is 2. The van der Waals surface area contributed by atoms with E-state index < -0.39 is 17.9 Å². The van der Waals surface area contributed by atoms with E-state index in [2.05, 4.69) is 5.32 Å². The van der Waals surface area contributed by atoms with Gasteiger partial charge in [-0.25, -0.2) is 0 Å². The first kappa shape index (κ1) is 17.7. The minimum Gasteiger partial charge on any atom is -0.497 e. The third kappa shape index (κ3) is 2.88. The van der Waals surface area contributed by atoms with Crippen molar-refractivity contribution >= 4 is 40.6 Å². The van der Waals surface area contributed by atoms with Gasteiger partial charge in [-0.05, 0) is 36.4 Å². The largest absolute Gasteiger partial charge is 0.497 e. The van der Waals surface area contributed by atoms with Gasteiger partial charge in [0.05, 0.1) is 24.4 Å². The number of aliphatic hydroxyl groups excluding tert-OH is 1. The molecule has 3 rings (SSSR count). The summed E-state index contributed by atoms with van der Waals surface area (Å²) in [6.07, 6.45) is -0.227. The summed E-state index contributed by atoms with van der Waals surface area (Å²) in [7, 11) is 1.53. The molecule has 0 fully saturated rings. The number of benzene rings is 2. The van der Waals surface area contributed by atoms with Gasteiger partial charge in [0.1, 0.15) is 11.2 Å². The Kier molecular flexibility index (Phi) is 4.73. The van der Waals surface area contributed by atoms with Crippen LogP contribution in [0.4, 0.5) is 5.69 Å². The van der Waals surface area contributed by atoms with Crippen molar-refractivity contribution in [3.63, 3.8) is 0 Å². The summed E-state index contributed by atoms with van der Waals surface area (Å²) in [5, 5.41) is 13.2. The van der Waals surface area contributed by atoms with Gasteiger partial charge in [-0.3, -0.25) is 9.59 Å². The summed E-state index contributed by atoms with van der Waals surface area (Å²) >= 11 is 12.4. The lowest BCUT2D eigenvalue weighted by Gasteiger charge is -2.25. The van der Waals surface area contributed by atoms with Crippen molar-refractivity contribution < 1.29 is 19.4 Å².